The summed E-state index contributed by atoms with van der Waals surface area (Å²) in [4.78, 5) is 23.5. The van der Waals surface area contributed by atoms with Crippen LogP contribution in [0.25, 0.3) is 11.3 Å². The number of halogens is 1. The molecule has 27 heavy (non-hydrogen) atoms. The normalized spacial score (nSPS) is 10.6. The highest BCUT2D eigenvalue weighted by Gasteiger charge is 2.09. The molecule has 7 heteroatoms. The van der Waals surface area contributed by atoms with Gasteiger partial charge in [-0.2, -0.15) is 5.10 Å². The number of methoxy groups -OCH3 is 1. The monoisotopic (exact) mass is 367 g/mol. The first-order chi connectivity index (χ1) is 13.1. The molecule has 0 aliphatic carbocycles. The van der Waals surface area contributed by atoms with Crippen LogP contribution < -0.4 is 10.9 Å². The van der Waals surface area contributed by atoms with Gasteiger partial charge in [0, 0.05) is 36.4 Å². The predicted molar refractivity (Wildman–Crippen MR) is 98.6 cm³/mol. The summed E-state index contributed by atoms with van der Waals surface area (Å²) < 4.78 is 18.9. The Balaban J connectivity index is 1.69. The van der Waals surface area contributed by atoms with Crippen molar-refractivity contribution in [2.24, 2.45) is 0 Å². The Bertz CT molecular complexity index is 997. The first-order valence-electron chi connectivity index (χ1n) is 8.27. The molecular formula is C20H18FN3O3. The van der Waals surface area contributed by atoms with Crippen LogP contribution in [0.15, 0.2) is 59.4 Å². The van der Waals surface area contributed by atoms with E-state index >= 15 is 0 Å². The summed E-state index contributed by atoms with van der Waals surface area (Å²) in [5, 5.41) is 9.08. The number of carbonyl (C=O) groups is 1. The van der Waals surface area contributed by atoms with Gasteiger partial charge in [-0.25, -0.2) is 9.49 Å². The van der Waals surface area contributed by atoms with Gasteiger partial charge < -0.3 is 10.1 Å². The molecule has 2 N–H and O–H groups in total. The molecule has 138 valence electrons. The summed E-state index contributed by atoms with van der Waals surface area (Å²) in [5.41, 5.74) is 2.52. The van der Waals surface area contributed by atoms with Crippen molar-refractivity contribution in [2.75, 3.05) is 7.11 Å². The van der Waals surface area contributed by atoms with Crippen molar-refractivity contribution in [3.63, 3.8) is 0 Å². The number of aromatic amines is 1. The fourth-order valence-electron chi connectivity index (χ4n) is 2.58. The molecule has 3 rings (SSSR count). The zero-order valence-corrected chi connectivity index (χ0v) is 14.7. The third-order valence-corrected chi connectivity index (χ3v) is 3.97. The molecule has 0 spiro atoms. The minimum absolute atomic E-state index is 0.198. The Morgan fingerprint density at radius 1 is 1.19 bits per heavy atom. The van der Waals surface area contributed by atoms with Crippen LogP contribution in [0, 0.1) is 5.82 Å². The molecule has 0 unspecified atom stereocenters. The van der Waals surface area contributed by atoms with Gasteiger partial charge >= 0.3 is 0 Å². The predicted octanol–water partition coefficient (Wildman–Crippen LogP) is 2.65. The highest BCUT2D eigenvalue weighted by Crippen LogP contribution is 2.17. The number of nitrogens with zero attached hydrogens (tertiary/aromatic N) is 1. The molecule has 0 radical (unpaired) electrons. The Kier molecular flexibility index (Phi) is 5.73. The molecule has 0 saturated heterocycles. The topological polar surface area (TPSA) is 84.1 Å². The van der Waals surface area contributed by atoms with E-state index in [0.29, 0.717) is 27.9 Å². The lowest BCUT2D eigenvalue weighted by Gasteiger charge is -2.09. The molecule has 0 atom stereocenters. The van der Waals surface area contributed by atoms with Gasteiger partial charge in [0.1, 0.15) is 5.82 Å². The Morgan fingerprint density at radius 2 is 2.04 bits per heavy atom. The molecule has 1 amide bonds. The zero-order chi connectivity index (χ0) is 19.2. The summed E-state index contributed by atoms with van der Waals surface area (Å²) >= 11 is 0. The lowest BCUT2D eigenvalue weighted by atomic mass is 10.1. The van der Waals surface area contributed by atoms with Crippen LogP contribution in [-0.4, -0.2) is 23.2 Å². The maximum absolute atomic E-state index is 13.9. The lowest BCUT2D eigenvalue weighted by molar-refractivity contribution is 0.0951. The minimum atomic E-state index is -0.366. The van der Waals surface area contributed by atoms with Crippen LogP contribution in [0.2, 0.25) is 0 Å². The summed E-state index contributed by atoms with van der Waals surface area (Å²) in [6, 6.07) is 14.6. The average Bonchev–Trinajstić information content (AvgIpc) is 2.69. The second kappa shape index (κ2) is 8.37. The van der Waals surface area contributed by atoms with E-state index in [2.05, 4.69) is 15.5 Å². The second-order valence-corrected chi connectivity index (χ2v) is 5.93. The van der Waals surface area contributed by atoms with Crippen molar-refractivity contribution >= 4 is 5.91 Å². The minimum Gasteiger partial charge on any atom is -0.380 e. The van der Waals surface area contributed by atoms with E-state index < -0.39 is 0 Å². The summed E-state index contributed by atoms with van der Waals surface area (Å²) in [6.07, 6.45) is 0. The number of aromatic nitrogens is 2. The number of hydrogen-bond donors (Lipinski definition) is 2. The van der Waals surface area contributed by atoms with Crippen LogP contribution in [0.5, 0.6) is 0 Å². The second-order valence-electron chi connectivity index (χ2n) is 5.93. The lowest BCUT2D eigenvalue weighted by Crippen LogP contribution is -2.23. The highest BCUT2D eigenvalue weighted by atomic mass is 19.1. The number of benzene rings is 2. The van der Waals surface area contributed by atoms with Gasteiger partial charge in [-0.15, -0.1) is 0 Å². The van der Waals surface area contributed by atoms with Crippen molar-refractivity contribution in [3.8, 4) is 11.3 Å². The third kappa shape index (κ3) is 4.65. The van der Waals surface area contributed by atoms with Crippen LogP contribution in [0.1, 0.15) is 21.5 Å². The number of nitrogens with one attached hydrogen (secondary N) is 2. The molecule has 1 heterocycles. The van der Waals surface area contributed by atoms with Crippen molar-refractivity contribution in [1.82, 2.24) is 15.5 Å². The SMILES string of the molecule is COCc1ccc(CNC(=O)c2cccc(-c3ccc(=O)[nH]n3)c2)cc1F. The largest absolute Gasteiger partial charge is 0.380 e. The van der Waals surface area contributed by atoms with Crippen molar-refractivity contribution < 1.29 is 13.9 Å². The zero-order valence-electron chi connectivity index (χ0n) is 14.7. The Labute approximate surface area is 155 Å². The van der Waals surface area contributed by atoms with Crippen molar-refractivity contribution in [3.05, 3.63) is 87.5 Å². The van der Waals surface area contributed by atoms with E-state index in [1.165, 1.54) is 19.2 Å². The van der Waals surface area contributed by atoms with Gasteiger partial charge in [0.2, 0.25) is 0 Å². The Hall–Kier alpha value is -3.32. The molecule has 0 aliphatic heterocycles. The number of hydrogen-bond acceptors (Lipinski definition) is 4. The van der Waals surface area contributed by atoms with Gasteiger partial charge in [0.25, 0.3) is 11.5 Å². The van der Waals surface area contributed by atoms with Gasteiger partial charge in [-0.3, -0.25) is 9.59 Å². The van der Waals surface area contributed by atoms with E-state index in [0.717, 1.165) is 0 Å². The molecule has 0 bridgehead atoms. The smallest absolute Gasteiger partial charge is 0.264 e. The Morgan fingerprint density at radius 3 is 2.74 bits per heavy atom. The first-order valence-corrected chi connectivity index (χ1v) is 8.27. The summed E-state index contributed by atoms with van der Waals surface area (Å²) in [7, 11) is 1.50. The molecule has 2 aromatic carbocycles. The van der Waals surface area contributed by atoms with Crippen molar-refractivity contribution in [1.29, 1.82) is 0 Å². The van der Waals surface area contributed by atoms with E-state index in [1.807, 2.05) is 0 Å². The van der Waals surface area contributed by atoms with Gasteiger partial charge in [0.05, 0.1) is 12.3 Å². The number of amides is 1. The number of ether oxygens (including phenoxy) is 1. The van der Waals surface area contributed by atoms with Crippen LogP contribution in [0.4, 0.5) is 4.39 Å². The number of H-pyrrole nitrogens is 1. The molecule has 0 saturated carbocycles. The quantitative estimate of drug-likeness (QED) is 0.702. The molecule has 3 aromatic rings. The van der Waals surface area contributed by atoms with Gasteiger partial charge in [-0.05, 0) is 29.8 Å². The van der Waals surface area contributed by atoms with Crippen molar-refractivity contribution in [2.45, 2.75) is 13.2 Å². The average molecular weight is 367 g/mol. The van der Waals surface area contributed by atoms with E-state index in [1.54, 1.807) is 42.5 Å². The fraction of sp³-hybridized carbons (Fsp3) is 0.150. The fourth-order valence-corrected chi connectivity index (χ4v) is 2.58. The summed E-state index contributed by atoms with van der Waals surface area (Å²) in [6.45, 7) is 0.397. The van der Waals surface area contributed by atoms with E-state index in [4.69, 9.17) is 4.74 Å². The standard InChI is InChI=1S/C20H18FN3O3/c1-27-12-16-6-5-13(9-17(16)21)11-22-20(26)15-4-2-3-14(10-15)18-7-8-19(25)24-23-18/h2-10H,11-12H2,1H3,(H,22,26)(H,24,25). The highest BCUT2D eigenvalue weighted by molar-refractivity contribution is 5.95. The maximum atomic E-state index is 13.9. The molecule has 0 fully saturated rings. The molecule has 6 nitrogen and oxygen atoms in total. The van der Waals surface area contributed by atoms with Gasteiger partial charge in [-0.1, -0.05) is 24.3 Å². The maximum Gasteiger partial charge on any atom is 0.264 e. The third-order valence-electron chi connectivity index (χ3n) is 3.97. The molecule has 1 aromatic heterocycles. The van der Waals surface area contributed by atoms with Crippen LogP contribution >= 0.6 is 0 Å². The summed E-state index contributed by atoms with van der Waals surface area (Å²) in [5.74, 6) is -0.655. The van der Waals surface area contributed by atoms with Crippen LogP contribution in [0.3, 0.4) is 0 Å². The number of rotatable bonds is 6. The van der Waals surface area contributed by atoms with Gasteiger partial charge in [0.15, 0.2) is 0 Å². The van der Waals surface area contributed by atoms with Crippen LogP contribution in [-0.2, 0) is 17.9 Å². The molecule has 0 aliphatic rings. The van der Waals surface area contributed by atoms with E-state index in [9.17, 15) is 14.0 Å². The molecular weight excluding hydrogens is 349 g/mol. The number of carbonyl (C=O) groups excluding carboxylic acids is 1. The first kappa shape index (κ1) is 18.5. The van der Waals surface area contributed by atoms with E-state index in [-0.39, 0.29) is 30.4 Å².